The van der Waals surface area contributed by atoms with Gasteiger partial charge in [-0.2, -0.15) is 0 Å². The number of ether oxygens (including phenoxy) is 1. The standard InChI is InChI=1S/C21H30N4O4S/c1-15-4-8-17(9-5-15)24-30(27,28)14-19(26)23-20(21-22-12-13-25(21)2)16-6-10-18(29-3)11-7-16/h6-7,10-13,15,17,20,24H,4-5,8-9,14H2,1-3H3,(H,23,26). The lowest BCUT2D eigenvalue weighted by atomic mass is 9.88. The Balaban J connectivity index is 1.70. The topological polar surface area (TPSA) is 102 Å². The summed E-state index contributed by atoms with van der Waals surface area (Å²) in [6.07, 6.45) is 7.03. The summed E-state index contributed by atoms with van der Waals surface area (Å²) in [5.41, 5.74) is 0.782. The van der Waals surface area contributed by atoms with Crippen LogP contribution >= 0.6 is 0 Å². The summed E-state index contributed by atoms with van der Waals surface area (Å²) < 4.78 is 34.8. The molecule has 1 aliphatic rings. The van der Waals surface area contributed by atoms with Gasteiger partial charge in [0, 0.05) is 25.5 Å². The van der Waals surface area contributed by atoms with E-state index in [-0.39, 0.29) is 6.04 Å². The molecule has 2 aromatic rings. The van der Waals surface area contributed by atoms with E-state index in [2.05, 4.69) is 21.9 Å². The summed E-state index contributed by atoms with van der Waals surface area (Å²) in [5.74, 6) is 0.737. The van der Waals surface area contributed by atoms with Crippen LogP contribution in [-0.2, 0) is 21.9 Å². The first-order chi connectivity index (χ1) is 14.3. The summed E-state index contributed by atoms with van der Waals surface area (Å²) in [5, 5.41) is 2.83. The highest BCUT2D eigenvalue weighted by Gasteiger charge is 2.27. The zero-order valence-electron chi connectivity index (χ0n) is 17.7. The maximum absolute atomic E-state index is 12.7. The quantitative estimate of drug-likeness (QED) is 0.663. The van der Waals surface area contributed by atoms with Crippen molar-refractivity contribution < 1.29 is 17.9 Å². The second-order valence-corrected chi connectivity index (χ2v) is 9.76. The predicted molar refractivity (Wildman–Crippen MR) is 115 cm³/mol. The van der Waals surface area contributed by atoms with Crippen molar-refractivity contribution in [3.8, 4) is 5.75 Å². The number of hydrogen-bond donors (Lipinski definition) is 2. The molecule has 1 aromatic heterocycles. The predicted octanol–water partition coefficient (Wildman–Crippen LogP) is 2.13. The van der Waals surface area contributed by atoms with Crippen LogP contribution in [-0.4, -0.2) is 42.8 Å². The maximum atomic E-state index is 12.7. The van der Waals surface area contributed by atoms with E-state index in [0.717, 1.165) is 31.2 Å². The van der Waals surface area contributed by atoms with E-state index in [1.807, 2.05) is 19.2 Å². The first kappa shape index (κ1) is 22.3. The van der Waals surface area contributed by atoms with Crippen LogP contribution < -0.4 is 14.8 Å². The Morgan fingerprint density at radius 1 is 1.23 bits per heavy atom. The number of rotatable bonds is 8. The van der Waals surface area contributed by atoms with E-state index >= 15 is 0 Å². The third-order valence-corrected chi connectivity index (χ3v) is 6.89. The van der Waals surface area contributed by atoms with Crippen LogP contribution in [0.1, 0.15) is 50.0 Å². The molecule has 0 radical (unpaired) electrons. The number of aromatic nitrogens is 2. The van der Waals surface area contributed by atoms with Crippen molar-refractivity contribution in [1.29, 1.82) is 0 Å². The van der Waals surface area contributed by atoms with Gasteiger partial charge < -0.3 is 14.6 Å². The number of amides is 1. The number of carbonyl (C=O) groups is 1. The number of sulfonamides is 1. The first-order valence-corrected chi connectivity index (χ1v) is 11.8. The van der Waals surface area contributed by atoms with E-state index in [1.165, 1.54) is 0 Å². The van der Waals surface area contributed by atoms with Crippen molar-refractivity contribution in [1.82, 2.24) is 19.6 Å². The van der Waals surface area contributed by atoms with E-state index in [0.29, 0.717) is 17.5 Å². The second kappa shape index (κ2) is 9.61. The Morgan fingerprint density at radius 3 is 2.47 bits per heavy atom. The zero-order valence-corrected chi connectivity index (χ0v) is 18.5. The summed E-state index contributed by atoms with van der Waals surface area (Å²) in [7, 11) is -0.317. The van der Waals surface area contributed by atoms with Crippen molar-refractivity contribution in [2.45, 2.75) is 44.7 Å². The number of methoxy groups -OCH3 is 1. The summed E-state index contributed by atoms with van der Waals surface area (Å²) >= 11 is 0. The SMILES string of the molecule is COc1ccc(C(NC(=O)CS(=O)(=O)NC2CCC(C)CC2)c2nccn2C)cc1. The molecule has 3 rings (SSSR count). The average molecular weight is 435 g/mol. The van der Waals surface area contributed by atoms with Crippen LogP contribution in [0.4, 0.5) is 0 Å². The van der Waals surface area contributed by atoms with Gasteiger partial charge in [-0.15, -0.1) is 0 Å². The summed E-state index contributed by atoms with van der Waals surface area (Å²) in [4.78, 5) is 17.0. The molecule has 9 heteroatoms. The minimum absolute atomic E-state index is 0.0917. The molecule has 0 spiro atoms. The molecular weight excluding hydrogens is 404 g/mol. The molecule has 1 aromatic carbocycles. The fourth-order valence-corrected chi connectivity index (χ4v) is 5.05. The fourth-order valence-electron chi connectivity index (χ4n) is 3.80. The lowest BCUT2D eigenvalue weighted by Gasteiger charge is -2.26. The first-order valence-electron chi connectivity index (χ1n) is 10.2. The van der Waals surface area contributed by atoms with Crippen molar-refractivity contribution >= 4 is 15.9 Å². The number of nitrogens with zero attached hydrogens (tertiary/aromatic N) is 2. The van der Waals surface area contributed by atoms with Crippen molar-refractivity contribution in [2.75, 3.05) is 12.9 Å². The van der Waals surface area contributed by atoms with Gasteiger partial charge in [0.2, 0.25) is 15.9 Å². The van der Waals surface area contributed by atoms with Gasteiger partial charge in [0.15, 0.2) is 0 Å². The summed E-state index contributed by atoms with van der Waals surface area (Å²) in [6, 6.07) is 6.57. The lowest BCUT2D eigenvalue weighted by molar-refractivity contribution is -0.119. The van der Waals surface area contributed by atoms with Gasteiger partial charge in [0.1, 0.15) is 23.4 Å². The van der Waals surface area contributed by atoms with Gasteiger partial charge >= 0.3 is 0 Å². The Labute approximate surface area is 178 Å². The van der Waals surface area contributed by atoms with Crippen LogP contribution in [0, 0.1) is 5.92 Å². The Kier molecular flexibility index (Phi) is 7.14. The Morgan fingerprint density at radius 2 is 1.90 bits per heavy atom. The smallest absolute Gasteiger partial charge is 0.237 e. The molecule has 1 saturated carbocycles. The number of imidazole rings is 1. The Bertz CT molecular complexity index is 948. The van der Waals surface area contributed by atoms with Gasteiger partial charge in [0.25, 0.3) is 0 Å². The third kappa shape index (κ3) is 5.82. The molecule has 1 amide bonds. The molecule has 2 N–H and O–H groups in total. The van der Waals surface area contributed by atoms with Crippen LogP contribution in [0.2, 0.25) is 0 Å². The number of aryl methyl sites for hydroxylation is 1. The molecule has 1 heterocycles. The zero-order chi connectivity index (χ0) is 21.7. The maximum Gasteiger partial charge on any atom is 0.237 e. The molecule has 0 bridgehead atoms. The fraction of sp³-hybridized carbons (Fsp3) is 0.524. The second-order valence-electron chi connectivity index (χ2n) is 8.00. The molecule has 0 aliphatic heterocycles. The number of carbonyl (C=O) groups excluding carboxylic acids is 1. The number of benzene rings is 1. The van der Waals surface area contributed by atoms with Gasteiger partial charge in [-0.25, -0.2) is 18.1 Å². The van der Waals surface area contributed by atoms with Crippen molar-refractivity contribution in [3.05, 3.63) is 48.0 Å². The molecule has 1 unspecified atom stereocenters. The highest BCUT2D eigenvalue weighted by Crippen LogP contribution is 2.25. The van der Waals surface area contributed by atoms with Gasteiger partial charge in [0.05, 0.1) is 7.11 Å². The largest absolute Gasteiger partial charge is 0.497 e. The third-order valence-electron chi connectivity index (χ3n) is 5.55. The number of nitrogens with one attached hydrogen (secondary N) is 2. The molecule has 1 fully saturated rings. The van der Waals surface area contributed by atoms with E-state index in [9.17, 15) is 13.2 Å². The van der Waals surface area contributed by atoms with Gasteiger partial charge in [-0.1, -0.05) is 19.1 Å². The van der Waals surface area contributed by atoms with E-state index < -0.39 is 27.7 Å². The highest BCUT2D eigenvalue weighted by molar-refractivity contribution is 7.90. The molecular formula is C21H30N4O4S. The molecule has 0 saturated heterocycles. The molecule has 1 atom stereocenters. The van der Waals surface area contributed by atoms with E-state index in [1.54, 1.807) is 36.2 Å². The van der Waals surface area contributed by atoms with Gasteiger partial charge in [-0.05, 0) is 49.3 Å². The Hall–Kier alpha value is -2.39. The van der Waals surface area contributed by atoms with Crippen LogP contribution in [0.15, 0.2) is 36.7 Å². The van der Waals surface area contributed by atoms with Crippen molar-refractivity contribution in [2.24, 2.45) is 13.0 Å². The number of hydrogen-bond acceptors (Lipinski definition) is 5. The normalized spacial score (nSPS) is 20.5. The molecule has 1 aliphatic carbocycles. The minimum atomic E-state index is -3.72. The average Bonchev–Trinajstić information content (AvgIpc) is 3.13. The van der Waals surface area contributed by atoms with Crippen LogP contribution in [0.25, 0.3) is 0 Å². The summed E-state index contributed by atoms with van der Waals surface area (Å²) in [6.45, 7) is 2.18. The van der Waals surface area contributed by atoms with E-state index in [4.69, 9.17) is 4.74 Å². The van der Waals surface area contributed by atoms with Crippen LogP contribution in [0.3, 0.4) is 0 Å². The molecule has 30 heavy (non-hydrogen) atoms. The van der Waals surface area contributed by atoms with Crippen LogP contribution in [0.5, 0.6) is 5.75 Å². The monoisotopic (exact) mass is 434 g/mol. The highest BCUT2D eigenvalue weighted by atomic mass is 32.2. The molecule has 8 nitrogen and oxygen atoms in total. The molecule has 164 valence electrons. The van der Waals surface area contributed by atoms with Crippen molar-refractivity contribution in [3.63, 3.8) is 0 Å². The lowest BCUT2D eigenvalue weighted by Crippen LogP contribution is -2.43. The minimum Gasteiger partial charge on any atom is -0.497 e. The van der Waals surface area contributed by atoms with Gasteiger partial charge in [-0.3, -0.25) is 4.79 Å².